The predicted octanol–water partition coefficient (Wildman–Crippen LogP) is 6.02. The van der Waals surface area contributed by atoms with Crippen molar-refractivity contribution in [3.8, 4) is 0 Å². The topological polar surface area (TPSA) is 62.7 Å². The Labute approximate surface area is 178 Å². The lowest BCUT2D eigenvalue weighted by atomic mass is 10.1. The van der Waals surface area contributed by atoms with Crippen LogP contribution in [0, 0.1) is 6.92 Å². The highest BCUT2D eigenvalue weighted by Crippen LogP contribution is 2.24. The van der Waals surface area contributed by atoms with Crippen LogP contribution in [0.5, 0.6) is 0 Å². The predicted molar refractivity (Wildman–Crippen MR) is 123 cm³/mol. The second kappa shape index (κ2) is 11.0. The number of anilines is 2. The number of benzene rings is 1. The van der Waals surface area contributed by atoms with Gasteiger partial charge in [-0.2, -0.15) is 0 Å². The smallest absolute Gasteiger partial charge is 0.223 e. The van der Waals surface area contributed by atoms with Crippen molar-refractivity contribution in [1.29, 1.82) is 0 Å². The highest BCUT2D eigenvalue weighted by Gasteiger charge is 2.04. The van der Waals surface area contributed by atoms with Gasteiger partial charge in [-0.25, -0.2) is 9.97 Å². The lowest BCUT2D eigenvalue weighted by Gasteiger charge is -2.10. The van der Waals surface area contributed by atoms with Gasteiger partial charge in [-0.15, -0.1) is 0 Å². The Morgan fingerprint density at radius 1 is 0.931 bits per heavy atom. The molecule has 2 heterocycles. The van der Waals surface area contributed by atoms with E-state index in [9.17, 15) is 0 Å². The lowest BCUT2D eigenvalue weighted by Crippen LogP contribution is -2.07. The summed E-state index contributed by atoms with van der Waals surface area (Å²) in [6, 6.07) is 9.95. The van der Waals surface area contributed by atoms with Crippen molar-refractivity contribution in [2.45, 2.75) is 52.4 Å². The van der Waals surface area contributed by atoms with Crippen molar-refractivity contribution in [2.24, 2.45) is 0 Å². The Bertz CT molecular complexity index is 928. The highest BCUT2D eigenvalue weighted by atomic mass is 35.5. The molecule has 0 saturated carbocycles. The molecule has 1 aromatic carbocycles. The van der Waals surface area contributed by atoms with Crippen LogP contribution in [0.25, 0.3) is 10.9 Å². The van der Waals surface area contributed by atoms with Gasteiger partial charge in [-0.1, -0.05) is 31.4 Å². The molecule has 29 heavy (non-hydrogen) atoms. The third-order valence-corrected chi connectivity index (χ3v) is 5.09. The van der Waals surface area contributed by atoms with E-state index in [-0.39, 0.29) is 0 Å². The van der Waals surface area contributed by atoms with Crippen molar-refractivity contribution in [1.82, 2.24) is 15.0 Å². The van der Waals surface area contributed by atoms with Crippen LogP contribution in [0.3, 0.4) is 0 Å². The third-order valence-electron chi connectivity index (χ3n) is 4.85. The number of hydrogen-bond acceptors (Lipinski definition) is 5. The molecule has 0 amide bonds. The molecule has 0 aliphatic rings. The molecule has 0 bridgehead atoms. The average Bonchev–Trinajstić information content (AvgIpc) is 2.70. The minimum absolute atomic E-state index is 0.714. The van der Waals surface area contributed by atoms with Gasteiger partial charge < -0.3 is 10.6 Å². The van der Waals surface area contributed by atoms with Crippen LogP contribution in [-0.2, 0) is 6.42 Å². The minimum Gasteiger partial charge on any atom is -0.384 e. The number of pyridine rings is 1. The van der Waals surface area contributed by atoms with E-state index in [2.05, 4.69) is 38.6 Å². The summed E-state index contributed by atoms with van der Waals surface area (Å²) in [6.45, 7) is 6.09. The molecule has 0 saturated heterocycles. The van der Waals surface area contributed by atoms with Crippen LogP contribution in [0.2, 0.25) is 5.02 Å². The molecule has 5 nitrogen and oxygen atoms in total. The third kappa shape index (κ3) is 6.57. The average molecular weight is 412 g/mol. The number of nitrogens with zero attached hydrogens (tertiary/aromatic N) is 3. The fraction of sp³-hybridized carbons (Fsp3) is 0.435. The molecular formula is C23H30ClN5. The van der Waals surface area contributed by atoms with Crippen molar-refractivity contribution >= 4 is 34.1 Å². The second-order valence-electron chi connectivity index (χ2n) is 7.36. The van der Waals surface area contributed by atoms with E-state index in [4.69, 9.17) is 11.6 Å². The molecule has 0 fully saturated rings. The molecule has 2 N–H and O–H groups in total. The molecule has 154 valence electrons. The molecule has 6 heteroatoms. The Balaban J connectivity index is 1.42. The first-order valence-corrected chi connectivity index (χ1v) is 10.9. The van der Waals surface area contributed by atoms with Crippen LogP contribution in [0.1, 0.15) is 50.4 Å². The van der Waals surface area contributed by atoms with Crippen molar-refractivity contribution < 1.29 is 0 Å². The van der Waals surface area contributed by atoms with Crippen LogP contribution in [0.4, 0.5) is 11.6 Å². The van der Waals surface area contributed by atoms with Gasteiger partial charge in [0.15, 0.2) is 0 Å². The maximum atomic E-state index is 6.06. The van der Waals surface area contributed by atoms with Crippen LogP contribution in [0.15, 0.2) is 36.5 Å². The Morgan fingerprint density at radius 2 is 1.79 bits per heavy atom. The first-order chi connectivity index (χ1) is 14.2. The maximum Gasteiger partial charge on any atom is 0.223 e. The zero-order chi connectivity index (χ0) is 20.5. The minimum atomic E-state index is 0.714. The van der Waals surface area contributed by atoms with Crippen molar-refractivity contribution in [3.63, 3.8) is 0 Å². The molecule has 3 rings (SSSR count). The summed E-state index contributed by atoms with van der Waals surface area (Å²) in [6.07, 6.45) is 8.51. The largest absolute Gasteiger partial charge is 0.384 e. The normalized spacial score (nSPS) is 11.0. The van der Waals surface area contributed by atoms with Gasteiger partial charge in [0.2, 0.25) is 5.95 Å². The first kappa shape index (κ1) is 21.3. The zero-order valence-corrected chi connectivity index (χ0v) is 18.1. The summed E-state index contributed by atoms with van der Waals surface area (Å²) in [4.78, 5) is 13.5. The Kier molecular flexibility index (Phi) is 8.05. The quantitative estimate of drug-likeness (QED) is 0.377. The molecule has 3 aromatic rings. The van der Waals surface area contributed by atoms with Gasteiger partial charge >= 0.3 is 0 Å². The fourth-order valence-electron chi connectivity index (χ4n) is 3.32. The monoisotopic (exact) mass is 411 g/mol. The van der Waals surface area contributed by atoms with Gasteiger partial charge in [0.05, 0.1) is 5.52 Å². The lowest BCUT2D eigenvalue weighted by molar-refractivity contribution is 0.688. The molecule has 0 radical (unpaired) electrons. The summed E-state index contributed by atoms with van der Waals surface area (Å²) in [5.74, 6) is 0.764. The van der Waals surface area contributed by atoms with E-state index in [0.29, 0.717) is 5.02 Å². The maximum absolute atomic E-state index is 6.06. The number of halogens is 1. The van der Waals surface area contributed by atoms with E-state index in [1.54, 1.807) is 0 Å². The zero-order valence-electron chi connectivity index (χ0n) is 17.3. The van der Waals surface area contributed by atoms with Gasteiger partial charge in [0, 0.05) is 46.8 Å². The summed E-state index contributed by atoms with van der Waals surface area (Å²) in [7, 11) is 0. The molecule has 2 aromatic heterocycles. The Morgan fingerprint density at radius 3 is 2.66 bits per heavy atom. The Hall–Kier alpha value is -2.40. The number of aryl methyl sites for hydroxylation is 2. The summed E-state index contributed by atoms with van der Waals surface area (Å²) in [5.41, 5.74) is 4.19. The molecule has 0 aliphatic carbocycles. The van der Waals surface area contributed by atoms with Gasteiger partial charge in [0.25, 0.3) is 0 Å². The number of rotatable bonds is 11. The van der Waals surface area contributed by atoms with Crippen molar-refractivity contribution in [3.05, 3.63) is 52.9 Å². The van der Waals surface area contributed by atoms with E-state index in [0.717, 1.165) is 79.1 Å². The molecule has 0 spiro atoms. The van der Waals surface area contributed by atoms with E-state index in [1.807, 2.05) is 37.4 Å². The molecular weight excluding hydrogens is 382 g/mol. The summed E-state index contributed by atoms with van der Waals surface area (Å²) < 4.78 is 0. The standard InChI is InChI=1S/C23H30ClN5/c1-3-4-12-27-23-28-17(2)15-19(29-23)8-6-5-7-13-25-21-11-14-26-22-16-18(24)9-10-20(21)22/h9-11,14-16H,3-8,12-13H2,1-2H3,(H,25,26)(H,27,28,29). The second-order valence-corrected chi connectivity index (χ2v) is 7.80. The number of unbranched alkanes of at least 4 members (excludes halogenated alkanes) is 3. The number of nitrogens with one attached hydrogen (secondary N) is 2. The van der Waals surface area contributed by atoms with E-state index >= 15 is 0 Å². The van der Waals surface area contributed by atoms with Crippen LogP contribution in [-0.4, -0.2) is 28.0 Å². The fourth-order valence-corrected chi connectivity index (χ4v) is 3.49. The van der Waals surface area contributed by atoms with Gasteiger partial charge in [-0.05, 0) is 62.9 Å². The molecule has 0 aliphatic heterocycles. The van der Waals surface area contributed by atoms with E-state index < -0.39 is 0 Å². The summed E-state index contributed by atoms with van der Waals surface area (Å²) >= 11 is 6.06. The highest BCUT2D eigenvalue weighted by molar-refractivity contribution is 6.31. The number of fused-ring (bicyclic) bond motifs is 1. The molecule has 0 atom stereocenters. The van der Waals surface area contributed by atoms with Crippen LogP contribution >= 0.6 is 11.6 Å². The molecule has 0 unspecified atom stereocenters. The van der Waals surface area contributed by atoms with Gasteiger partial charge in [-0.3, -0.25) is 4.98 Å². The first-order valence-electron chi connectivity index (χ1n) is 10.5. The van der Waals surface area contributed by atoms with Crippen molar-refractivity contribution in [2.75, 3.05) is 23.7 Å². The number of aromatic nitrogens is 3. The summed E-state index contributed by atoms with van der Waals surface area (Å²) in [5, 5.41) is 8.68. The van der Waals surface area contributed by atoms with Crippen LogP contribution < -0.4 is 10.6 Å². The van der Waals surface area contributed by atoms with E-state index in [1.165, 1.54) is 6.42 Å². The SMILES string of the molecule is CCCCNc1nc(C)cc(CCCCCNc2ccnc3cc(Cl)ccc23)n1. The number of hydrogen-bond donors (Lipinski definition) is 2. The van der Waals surface area contributed by atoms with Gasteiger partial charge in [0.1, 0.15) is 0 Å².